The lowest BCUT2D eigenvalue weighted by Crippen LogP contribution is -2.26. The summed E-state index contributed by atoms with van der Waals surface area (Å²) < 4.78 is 0. The molecule has 0 saturated carbocycles. The molecule has 0 radical (unpaired) electrons. The first kappa shape index (κ1) is 15.4. The minimum atomic E-state index is -0.506. The Balaban J connectivity index is 1.97. The van der Waals surface area contributed by atoms with Gasteiger partial charge in [-0.15, -0.1) is 0 Å². The number of nitro benzene ring substituents is 1. The summed E-state index contributed by atoms with van der Waals surface area (Å²) in [4.78, 5) is 10.1. The van der Waals surface area contributed by atoms with Crippen LogP contribution in [0.3, 0.4) is 0 Å². The van der Waals surface area contributed by atoms with Crippen LogP contribution in [0.5, 0.6) is 0 Å². The normalized spacial score (nSPS) is 15.7. The topological polar surface area (TPSA) is 107 Å². The van der Waals surface area contributed by atoms with Gasteiger partial charge < -0.3 is 15.3 Å². The highest BCUT2D eigenvalue weighted by atomic mass is 16.6. The molecule has 2 aromatic rings. The van der Waals surface area contributed by atoms with Gasteiger partial charge in [0.25, 0.3) is 5.69 Å². The molecule has 2 N–H and O–H groups in total. The van der Waals surface area contributed by atoms with Crippen molar-refractivity contribution >= 4 is 23.3 Å². The van der Waals surface area contributed by atoms with E-state index in [4.69, 9.17) is 0 Å². The van der Waals surface area contributed by atoms with Gasteiger partial charge in [0.2, 0.25) is 0 Å². The summed E-state index contributed by atoms with van der Waals surface area (Å²) in [6.07, 6.45) is 2.77. The summed E-state index contributed by atoms with van der Waals surface area (Å²) in [5, 5.41) is 43.9. The SMILES string of the molecule is O=[N+]([O-])c1ccc(C=CC(O)=C2C([O-])=c3ccccc3=C2O)cc1. The number of rotatable bonds is 3. The number of aliphatic hydroxyl groups excluding tert-OH is 2. The maximum absolute atomic E-state index is 12.3. The summed E-state index contributed by atoms with van der Waals surface area (Å²) in [7, 11) is 0. The third-order valence-electron chi connectivity index (χ3n) is 3.68. The van der Waals surface area contributed by atoms with E-state index >= 15 is 0 Å². The van der Waals surface area contributed by atoms with E-state index in [9.17, 15) is 25.4 Å². The van der Waals surface area contributed by atoms with Crippen molar-refractivity contribution in [3.05, 3.63) is 92.1 Å². The van der Waals surface area contributed by atoms with Crippen molar-refractivity contribution in [3.63, 3.8) is 0 Å². The molecule has 2 aromatic carbocycles. The van der Waals surface area contributed by atoms with Crippen LogP contribution in [0.4, 0.5) is 5.69 Å². The summed E-state index contributed by atoms with van der Waals surface area (Å²) in [6.45, 7) is 0. The number of allylic oxidation sites excluding steroid dienone is 1. The van der Waals surface area contributed by atoms with Gasteiger partial charge in [-0.2, -0.15) is 0 Å². The van der Waals surface area contributed by atoms with Gasteiger partial charge in [-0.3, -0.25) is 10.1 Å². The minimum Gasteiger partial charge on any atom is -0.871 e. The summed E-state index contributed by atoms with van der Waals surface area (Å²) >= 11 is 0. The van der Waals surface area contributed by atoms with Crippen molar-refractivity contribution in [2.24, 2.45) is 0 Å². The number of benzene rings is 2. The molecule has 0 heterocycles. The van der Waals surface area contributed by atoms with Gasteiger partial charge in [-0.25, -0.2) is 0 Å². The molecule has 1 aliphatic rings. The number of aliphatic hydroxyl groups is 2. The first-order valence-corrected chi connectivity index (χ1v) is 7.05. The molecule has 0 spiro atoms. The number of nitro groups is 1. The molecule has 120 valence electrons. The molecule has 0 unspecified atom stereocenters. The molecule has 0 aliphatic heterocycles. The predicted octanol–water partition coefficient (Wildman–Crippen LogP) is 1.27. The fourth-order valence-corrected chi connectivity index (χ4v) is 2.47. The number of fused-ring (bicyclic) bond motifs is 1. The standard InChI is InChI=1S/C18H13NO5/c20-15(10-7-11-5-8-12(9-6-11)19(23)24)16-17(21)13-3-1-2-4-14(13)18(16)22/h1-10,20-22H/p-1. The molecular formula is C18H12NO5-. The van der Waals surface area contributed by atoms with Gasteiger partial charge in [0, 0.05) is 17.4 Å². The fraction of sp³-hybridized carbons (Fsp3) is 0. The van der Waals surface area contributed by atoms with Gasteiger partial charge in [-0.1, -0.05) is 36.1 Å². The van der Waals surface area contributed by atoms with Crippen LogP contribution in [0.15, 0.2) is 65.9 Å². The molecule has 6 heteroatoms. The van der Waals surface area contributed by atoms with E-state index in [1.54, 1.807) is 24.3 Å². The summed E-state index contributed by atoms with van der Waals surface area (Å²) in [5.41, 5.74) is 0.409. The molecule has 6 nitrogen and oxygen atoms in total. The minimum absolute atomic E-state index is 0.0397. The monoisotopic (exact) mass is 322 g/mol. The largest absolute Gasteiger partial charge is 0.871 e. The van der Waals surface area contributed by atoms with Crippen LogP contribution in [-0.4, -0.2) is 15.1 Å². The third kappa shape index (κ3) is 2.61. The van der Waals surface area contributed by atoms with E-state index in [2.05, 4.69) is 0 Å². The van der Waals surface area contributed by atoms with Gasteiger partial charge >= 0.3 is 0 Å². The molecule has 0 amide bonds. The lowest BCUT2D eigenvalue weighted by molar-refractivity contribution is -0.384. The van der Waals surface area contributed by atoms with Gasteiger partial charge in [0.1, 0.15) is 11.5 Å². The fourth-order valence-electron chi connectivity index (χ4n) is 2.47. The second-order valence-corrected chi connectivity index (χ2v) is 5.17. The predicted molar refractivity (Wildman–Crippen MR) is 86.9 cm³/mol. The Morgan fingerprint density at radius 2 is 1.67 bits per heavy atom. The second-order valence-electron chi connectivity index (χ2n) is 5.17. The average molecular weight is 322 g/mol. The van der Waals surface area contributed by atoms with Crippen LogP contribution < -0.4 is 15.5 Å². The molecular weight excluding hydrogens is 310 g/mol. The zero-order chi connectivity index (χ0) is 17.3. The number of nitrogens with zero attached hydrogens (tertiary/aromatic N) is 1. The van der Waals surface area contributed by atoms with Gasteiger partial charge in [-0.05, 0) is 29.0 Å². The molecule has 24 heavy (non-hydrogen) atoms. The summed E-state index contributed by atoms with van der Waals surface area (Å²) in [6, 6.07) is 12.2. The van der Waals surface area contributed by atoms with Crippen LogP contribution >= 0.6 is 0 Å². The zero-order valence-corrected chi connectivity index (χ0v) is 12.3. The summed E-state index contributed by atoms with van der Waals surface area (Å²) in [5.74, 6) is -1.08. The molecule has 0 saturated heterocycles. The van der Waals surface area contributed by atoms with Gasteiger partial charge in [0.05, 0.1) is 10.5 Å². The number of hydrogen-bond acceptors (Lipinski definition) is 5. The Morgan fingerprint density at radius 3 is 2.25 bits per heavy atom. The average Bonchev–Trinajstić information content (AvgIpc) is 2.85. The number of non-ortho nitro benzene ring substituents is 1. The molecule has 3 rings (SSSR count). The van der Waals surface area contributed by atoms with E-state index < -0.39 is 10.7 Å². The quantitative estimate of drug-likeness (QED) is 0.503. The van der Waals surface area contributed by atoms with E-state index in [1.165, 1.54) is 36.4 Å². The van der Waals surface area contributed by atoms with E-state index in [0.717, 1.165) is 0 Å². The van der Waals surface area contributed by atoms with E-state index in [0.29, 0.717) is 16.0 Å². The lowest BCUT2D eigenvalue weighted by Gasteiger charge is -2.12. The second kappa shape index (κ2) is 5.92. The van der Waals surface area contributed by atoms with Gasteiger partial charge in [0.15, 0.2) is 0 Å². The van der Waals surface area contributed by atoms with Crippen molar-refractivity contribution in [1.29, 1.82) is 0 Å². The smallest absolute Gasteiger partial charge is 0.269 e. The van der Waals surface area contributed by atoms with Crippen molar-refractivity contribution in [1.82, 2.24) is 0 Å². The van der Waals surface area contributed by atoms with Crippen LogP contribution in [0.2, 0.25) is 0 Å². The molecule has 0 atom stereocenters. The van der Waals surface area contributed by atoms with E-state index in [1.807, 2.05) is 0 Å². The first-order chi connectivity index (χ1) is 11.5. The maximum Gasteiger partial charge on any atom is 0.269 e. The Labute approximate surface area is 136 Å². The van der Waals surface area contributed by atoms with Crippen molar-refractivity contribution in [2.45, 2.75) is 0 Å². The molecule has 0 bridgehead atoms. The highest BCUT2D eigenvalue weighted by Gasteiger charge is 2.16. The Bertz CT molecular complexity index is 957. The van der Waals surface area contributed by atoms with Crippen molar-refractivity contribution in [2.75, 3.05) is 0 Å². The molecule has 1 aliphatic carbocycles. The van der Waals surface area contributed by atoms with Crippen molar-refractivity contribution < 1.29 is 20.2 Å². The molecule has 0 aromatic heterocycles. The van der Waals surface area contributed by atoms with E-state index in [-0.39, 0.29) is 22.8 Å². The molecule has 0 fully saturated rings. The maximum atomic E-state index is 12.3. The van der Waals surface area contributed by atoms with Crippen LogP contribution in [0, 0.1) is 10.1 Å². The highest BCUT2D eigenvalue weighted by molar-refractivity contribution is 5.83. The highest BCUT2D eigenvalue weighted by Crippen LogP contribution is 2.21. The Hall–Kier alpha value is -3.54. The van der Waals surface area contributed by atoms with Crippen LogP contribution in [0.25, 0.3) is 17.6 Å². The number of hydrogen-bond donors (Lipinski definition) is 2. The first-order valence-electron chi connectivity index (χ1n) is 7.05. The Morgan fingerprint density at radius 1 is 1.04 bits per heavy atom. The Kier molecular flexibility index (Phi) is 3.79. The van der Waals surface area contributed by atoms with Crippen molar-refractivity contribution in [3.8, 4) is 0 Å². The third-order valence-corrected chi connectivity index (χ3v) is 3.68. The zero-order valence-electron chi connectivity index (χ0n) is 12.3. The lowest BCUT2D eigenvalue weighted by atomic mass is 10.1. The van der Waals surface area contributed by atoms with Crippen LogP contribution in [0.1, 0.15) is 5.56 Å². The van der Waals surface area contributed by atoms with Crippen LogP contribution in [-0.2, 0) is 0 Å².